The van der Waals surface area contributed by atoms with Gasteiger partial charge in [0, 0.05) is 18.1 Å². The molecule has 0 unspecified atom stereocenters. The van der Waals surface area contributed by atoms with Crippen molar-refractivity contribution in [2.45, 2.75) is 6.18 Å². The third kappa shape index (κ3) is 2.43. The van der Waals surface area contributed by atoms with E-state index < -0.39 is 22.3 Å². The van der Waals surface area contributed by atoms with Gasteiger partial charge in [-0.15, -0.1) is 0 Å². The number of fused-ring (bicyclic) bond motifs is 3. The van der Waals surface area contributed by atoms with E-state index in [1.54, 1.807) is 6.07 Å². The standard InChI is InChI=1S/C15H7ClF3N5O/c16-11-2-1-8(5-10(11)15(17,18)19)23-4-3-12-9(13(23)25)6-20-14-21-7-22-24(12)14/h1-7H. The molecule has 6 nitrogen and oxygen atoms in total. The molecule has 1 aromatic carbocycles. The lowest BCUT2D eigenvalue weighted by molar-refractivity contribution is -0.137. The topological polar surface area (TPSA) is 65.1 Å². The Morgan fingerprint density at radius 2 is 1.92 bits per heavy atom. The number of rotatable bonds is 1. The summed E-state index contributed by atoms with van der Waals surface area (Å²) in [4.78, 5) is 20.6. The fourth-order valence-corrected chi connectivity index (χ4v) is 2.77. The molecular weight excluding hydrogens is 359 g/mol. The van der Waals surface area contributed by atoms with Crippen molar-refractivity contribution in [3.05, 3.63) is 63.9 Å². The molecule has 0 spiro atoms. The minimum atomic E-state index is -4.62. The summed E-state index contributed by atoms with van der Waals surface area (Å²) in [7, 11) is 0. The molecule has 0 bridgehead atoms. The number of nitrogens with zero attached hydrogens (tertiary/aromatic N) is 5. The van der Waals surface area contributed by atoms with E-state index in [2.05, 4.69) is 15.1 Å². The molecule has 0 N–H and O–H groups in total. The second kappa shape index (κ2) is 5.28. The first-order valence-corrected chi connectivity index (χ1v) is 7.31. The zero-order valence-corrected chi connectivity index (χ0v) is 13.0. The number of hydrogen-bond donors (Lipinski definition) is 0. The molecule has 126 valence electrons. The van der Waals surface area contributed by atoms with Crippen LogP contribution in [-0.2, 0) is 6.18 Å². The van der Waals surface area contributed by atoms with Gasteiger partial charge in [-0.25, -0.2) is 4.98 Å². The quantitative estimate of drug-likeness (QED) is 0.520. The van der Waals surface area contributed by atoms with Crippen LogP contribution in [0.5, 0.6) is 0 Å². The Morgan fingerprint density at radius 1 is 1.12 bits per heavy atom. The van der Waals surface area contributed by atoms with Gasteiger partial charge in [0.25, 0.3) is 11.3 Å². The monoisotopic (exact) mass is 365 g/mol. The zero-order chi connectivity index (χ0) is 17.8. The highest BCUT2D eigenvalue weighted by Gasteiger charge is 2.33. The van der Waals surface area contributed by atoms with Gasteiger partial charge in [0.15, 0.2) is 0 Å². The Hall–Kier alpha value is -2.94. The minimum Gasteiger partial charge on any atom is -0.284 e. The summed E-state index contributed by atoms with van der Waals surface area (Å²) in [6.07, 6.45) is -0.641. The molecule has 0 saturated heterocycles. The third-order valence-electron chi connectivity index (χ3n) is 3.71. The van der Waals surface area contributed by atoms with Crippen molar-refractivity contribution in [3.63, 3.8) is 0 Å². The minimum absolute atomic E-state index is 0.0438. The predicted molar refractivity (Wildman–Crippen MR) is 83.9 cm³/mol. The number of benzene rings is 1. The lowest BCUT2D eigenvalue weighted by atomic mass is 10.2. The van der Waals surface area contributed by atoms with E-state index in [-0.39, 0.29) is 11.1 Å². The first kappa shape index (κ1) is 15.6. The van der Waals surface area contributed by atoms with Crippen LogP contribution in [-0.4, -0.2) is 24.1 Å². The average Bonchev–Trinajstić information content (AvgIpc) is 3.04. The van der Waals surface area contributed by atoms with Crippen LogP contribution < -0.4 is 5.56 Å². The van der Waals surface area contributed by atoms with Crippen molar-refractivity contribution in [1.82, 2.24) is 24.1 Å². The van der Waals surface area contributed by atoms with Crippen LogP contribution in [0.3, 0.4) is 0 Å². The molecule has 0 radical (unpaired) electrons. The number of halogens is 4. The Kier molecular flexibility index (Phi) is 3.29. The molecule has 0 amide bonds. The summed E-state index contributed by atoms with van der Waals surface area (Å²) in [6.45, 7) is 0. The number of alkyl halides is 3. The smallest absolute Gasteiger partial charge is 0.284 e. The largest absolute Gasteiger partial charge is 0.417 e. The van der Waals surface area contributed by atoms with Gasteiger partial charge in [-0.1, -0.05) is 11.6 Å². The van der Waals surface area contributed by atoms with Gasteiger partial charge in [-0.05, 0) is 24.3 Å². The van der Waals surface area contributed by atoms with Crippen molar-refractivity contribution in [2.75, 3.05) is 0 Å². The predicted octanol–water partition coefficient (Wildman–Crippen LogP) is 3.10. The van der Waals surface area contributed by atoms with Crippen LogP contribution in [0.1, 0.15) is 5.56 Å². The maximum Gasteiger partial charge on any atom is 0.417 e. The van der Waals surface area contributed by atoms with Gasteiger partial charge in [0.1, 0.15) is 6.33 Å². The van der Waals surface area contributed by atoms with Crippen molar-refractivity contribution >= 4 is 28.3 Å². The van der Waals surface area contributed by atoms with E-state index in [9.17, 15) is 18.0 Å². The van der Waals surface area contributed by atoms with Crippen molar-refractivity contribution in [1.29, 1.82) is 0 Å². The third-order valence-corrected chi connectivity index (χ3v) is 4.04. The molecule has 4 rings (SSSR count). The Bertz CT molecular complexity index is 1180. The first-order chi connectivity index (χ1) is 11.9. The molecule has 25 heavy (non-hydrogen) atoms. The molecule has 0 aliphatic rings. The van der Waals surface area contributed by atoms with Gasteiger partial charge in [-0.3, -0.25) is 9.36 Å². The van der Waals surface area contributed by atoms with Gasteiger partial charge in [-0.2, -0.15) is 27.8 Å². The summed E-state index contributed by atoms with van der Waals surface area (Å²) < 4.78 is 41.6. The maximum absolute atomic E-state index is 13.0. The second-order valence-electron chi connectivity index (χ2n) is 5.18. The highest BCUT2D eigenvalue weighted by atomic mass is 35.5. The highest BCUT2D eigenvalue weighted by Crippen LogP contribution is 2.35. The van der Waals surface area contributed by atoms with E-state index >= 15 is 0 Å². The van der Waals surface area contributed by atoms with Crippen LogP contribution in [0, 0.1) is 0 Å². The Morgan fingerprint density at radius 3 is 2.68 bits per heavy atom. The molecule has 4 aromatic rings. The lowest BCUT2D eigenvalue weighted by Crippen LogP contribution is -2.19. The molecule has 0 saturated carbocycles. The first-order valence-electron chi connectivity index (χ1n) is 6.93. The van der Waals surface area contributed by atoms with Gasteiger partial charge in [0.2, 0.25) is 0 Å². The van der Waals surface area contributed by atoms with Crippen LogP contribution in [0.2, 0.25) is 5.02 Å². The summed E-state index contributed by atoms with van der Waals surface area (Å²) in [5.41, 5.74) is -1.04. The zero-order valence-electron chi connectivity index (χ0n) is 12.2. The molecular formula is C15H7ClF3N5O. The summed E-state index contributed by atoms with van der Waals surface area (Å²) in [6, 6.07) is 4.83. The molecule has 10 heteroatoms. The molecule has 3 heterocycles. The fraction of sp³-hybridized carbons (Fsp3) is 0.0667. The fourth-order valence-electron chi connectivity index (χ4n) is 2.55. The SMILES string of the molecule is O=c1c2cnc3ncnn3c2ccn1-c1ccc(Cl)c(C(F)(F)F)c1. The summed E-state index contributed by atoms with van der Waals surface area (Å²) in [5, 5.41) is 3.74. The molecule has 3 aromatic heterocycles. The van der Waals surface area contributed by atoms with E-state index in [1.807, 2.05) is 0 Å². The van der Waals surface area contributed by atoms with E-state index in [1.165, 1.54) is 29.3 Å². The van der Waals surface area contributed by atoms with Crippen LogP contribution in [0.15, 0.2) is 47.8 Å². The highest BCUT2D eigenvalue weighted by molar-refractivity contribution is 6.31. The second-order valence-corrected chi connectivity index (χ2v) is 5.59. The van der Waals surface area contributed by atoms with Crippen molar-refractivity contribution < 1.29 is 13.2 Å². The molecule has 0 fully saturated rings. The number of aromatic nitrogens is 5. The molecule has 0 atom stereocenters. The van der Waals surface area contributed by atoms with E-state index in [0.717, 1.165) is 16.7 Å². The molecule has 0 aliphatic heterocycles. The van der Waals surface area contributed by atoms with Crippen LogP contribution in [0.25, 0.3) is 22.4 Å². The van der Waals surface area contributed by atoms with Crippen molar-refractivity contribution in [2.24, 2.45) is 0 Å². The van der Waals surface area contributed by atoms with Crippen LogP contribution in [0.4, 0.5) is 13.2 Å². The number of pyridine rings is 1. The van der Waals surface area contributed by atoms with Gasteiger partial charge >= 0.3 is 6.18 Å². The summed E-state index contributed by atoms with van der Waals surface area (Å²) >= 11 is 5.62. The Balaban J connectivity index is 1.98. The maximum atomic E-state index is 13.0. The lowest BCUT2D eigenvalue weighted by Gasteiger charge is -2.13. The van der Waals surface area contributed by atoms with Gasteiger partial charge < -0.3 is 0 Å². The van der Waals surface area contributed by atoms with Crippen LogP contribution >= 0.6 is 11.6 Å². The summed E-state index contributed by atoms with van der Waals surface area (Å²) in [5.74, 6) is 0.315. The number of hydrogen-bond acceptors (Lipinski definition) is 4. The molecule has 0 aliphatic carbocycles. The normalized spacial score (nSPS) is 12.2. The average molecular weight is 366 g/mol. The van der Waals surface area contributed by atoms with Gasteiger partial charge in [0.05, 0.1) is 21.5 Å². The van der Waals surface area contributed by atoms with E-state index in [0.29, 0.717) is 11.3 Å². The van der Waals surface area contributed by atoms with Crippen molar-refractivity contribution in [3.8, 4) is 5.69 Å². The Labute approximate surface area is 142 Å². The van der Waals surface area contributed by atoms with E-state index in [4.69, 9.17) is 11.6 Å².